The Morgan fingerprint density at radius 2 is 1.75 bits per heavy atom. The van der Waals surface area contributed by atoms with Gasteiger partial charge in [-0.3, -0.25) is 0 Å². The molecule has 1 saturated carbocycles. The highest BCUT2D eigenvalue weighted by atomic mass is 14.9. The second-order valence-electron chi connectivity index (χ2n) is 4.94. The standard InChI is InChI=1S/C11H21N/c1-6-7-12-8-9-10(2,3)11(9,4)5/h6,9,12H,1,7-8H2,2-5H3. The first-order chi connectivity index (χ1) is 5.44. The van der Waals surface area contributed by atoms with Crippen molar-refractivity contribution in [1.29, 1.82) is 0 Å². The Morgan fingerprint density at radius 3 is 2.08 bits per heavy atom. The van der Waals surface area contributed by atoms with Gasteiger partial charge in [0.15, 0.2) is 0 Å². The van der Waals surface area contributed by atoms with Gasteiger partial charge in [-0.1, -0.05) is 33.8 Å². The number of hydrogen-bond donors (Lipinski definition) is 1. The van der Waals surface area contributed by atoms with Crippen LogP contribution in [-0.2, 0) is 0 Å². The Bertz CT molecular complexity index is 165. The highest BCUT2D eigenvalue weighted by Gasteiger charge is 2.63. The maximum Gasteiger partial charge on any atom is 0.0132 e. The smallest absolute Gasteiger partial charge is 0.0132 e. The number of hydrogen-bond acceptors (Lipinski definition) is 1. The fourth-order valence-electron chi connectivity index (χ4n) is 2.17. The molecule has 1 aliphatic carbocycles. The quantitative estimate of drug-likeness (QED) is 0.501. The molecule has 0 heterocycles. The molecule has 1 N–H and O–H groups in total. The summed E-state index contributed by atoms with van der Waals surface area (Å²) in [6, 6.07) is 0. The summed E-state index contributed by atoms with van der Waals surface area (Å²) >= 11 is 0. The van der Waals surface area contributed by atoms with Gasteiger partial charge in [0.05, 0.1) is 0 Å². The van der Waals surface area contributed by atoms with Crippen LogP contribution in [0.15, 0.2) is 12.7 Å². The van der Waals surface area contributed by atoms with E-state index in [1.54, 1.807) is 0 Å². The molecule has 0 amide bonds. The molecule has 0 aromatic rings. The zero-order valence-corrected chi connectivity index (χ0v) is 8.78. The molecule has 1 rings (SSSR count). The van der Waals surface area contributed by atoms with Crippen LogP contribution in [0.2, 0.25) is 0 Å². The van der Waals surface area contributed by atoms with Crippen molar-refractivity contribution in [3.05, 3.63) is 12.7 Å². The van der Waals surface area contributed by atoms with E-state index in [1.807, 2.05) is 6.08 Å². The van der Waals surface area contributed by atoms with Gasteiger partial charge in [0.2, 0.25) is 0 Å². The third-order valence-electron chi connectivity index (χ3n) is 3.96. The van der Waals surface area contributed by atoms with Crippen molar-refractivity contribution in [1.82, 2.24) is 5.32 Å². The molecule has 0 aromatic heterocycles. The maximum absolute atomic E-state index is 3.69. The summed E-state index contributed by atoms with van der Waals surface area (Å²) in [6.45, 7) is 15.2. The van der Waals surface area contributed by atoms with Gasteiger partial charge in [0, 0.05) is 6.54 Å². The highest BCUT2D eigenvalue weighted by molar-refractivity contribution is 5.12. The zero-order chi connectivity index (χ0) is 9.41. The third-order valence-corrected chi connectivity index (χ3v) is 3.96. The average Bonchev–Trinajstić information content (AvgIpc) is 2.32. The molecule has 0 radical (unpaired) electrons. The normalized spacial score (nSPS) is 25.3. The Morgan fingerprint density at radius 1 is 1.25 bits per heavy atom. The molecule has 0 aliphatic heterocycles. The predicted octanol–water partition coefficient (Wildman–Crippen LogP) is 2.44. The topological polar surface area (TPSA) is 12.0 Å². The van der Waals surface area contributed by atoms with Crippen molar-refractivity contribution in [2.75, 3.05) is 13.1 Å². The van der Waals surface area contributed by atoms with E-state index in [-0.39, 0.29) is 0 Å². The molecular formula is C11H21N. The molecule has 0 saturated heterocycles. The molecule has 70 valence electrons. The van der Waals surface area contributed by atoms with Crippen LogP contribution in [0.1, 0.15) is 27.7 Å². The van der Waals surface area contributed by atoms with Gasteiger partial charge in [-0.25, -0.2) is 0 Å². The second-order valence-corrected chi connectivity index (χ2v) is 4.94. The summed E-state index contributed by atoms with van der Waals surface area (Å²) in [5.41, 5.74) is 1.03. The first-order valence-corrected chi connectivity index (χ1v) is 4.76. The van der Waals surface area contributed by atoms with Crippen LogP contribution in [0.4, 0.5) is 0 Å². The molecule has 0 spiro atoms. The van der Waals surface area contributed by atoms with Gasteiger partial charge in [0.1, 0.15) is 0 Å². The molecule has 0 bridgehead atoms. The van der Waals surface area contributed by atoms with E-state index < -0.39 is 0 Å². The maximum atomic E-state index is 3.69. The Kier molecular flexibility index (Phi) is 2.35. The van der Waals surface area contributed by atoms with Gasteiger partial charge in [0.25, 0.3) is 0 Å². The summed E-state index contributed by atoms with van der Waals surface area (Å²) < 4.78 is 0. The molecule has 1 fully saturated rings. The van der Waals surface area contributed by atoms with Crippen molar-refractivity contribution in [3.8, 4) is 0 Å². The zero-order valence-electron chi connectivity index (χ0n) is 8.78. The fourth-order valence-corrected chi connectivity index (χ4v) is 2.17. The van der Waals surface area contributed by atoms with Gasteiger partial charge in [-0.2, -0.15) is 0 Å². The minimum Gasteiger partial charge on any atom is -0.313 e. The molecule has 0 aromatic carbocycles. The lowest BCUT2D eigenvalue weighted by atomic mass is 10.0. The van der Waals surface area contributed by atoms with Crippen LogP contribution < -0.4 is 5.32 Å². The van der Waals surface area contributed by atoms with Crippen molar-refractivity contribution < 1.29 is 0 Å². The minimum atomic E-state index is 0.515. The Balaban J connectivity index is 2.33. The van der Waals surface area contributed by atoms with Gasteiger partial charge in [-0.05, 0) is 23.3 Å². The van der Waals surface area contributed by atoms with Crippen LogP contribution in [0.25, 0.3) is 0 Å². The van der Waals surface area contributed by atoms with Gasteiger partial charge >= 0.3 is 0 Å². The van der Waals surface area contributed by atoms with E-state index in [1.165, 1.54) is 0 Å². The summed E-state index contributed by atoms with van der Waals surface area (Å²) in [5, 5.41) is 3.39. The van der Waals surface area contributed by atoms with E-state index in [0.29, 0.717) is 10.8 Å². The van der Waals surface area contributed by atoms with E-state index >= 15 is 0 Å². The molecule has 0 atom stereocenters. The van der Waals surface area contributed by atoms with Crippen LogP contribution in [0, 0.1) is 16.7 Å². The lowest BCUT2D eigenvalue weighted by Crippen LogP contribution is -2.18. The third kappa shape index (κ3) is 1.31. The molecule has 0 unspecified atom stereocenters. The summed E-state index contributed by atoms with van der Waals surface area (Å²) in [6.07, 6.45) is 1.92. The highest BCUT2D eigenvalue weighted by Crippen LogP contribution is 2.67. The van der Waals surface area contributed by atoms with Crippen LogP contribution in [0.5, 0.6) is 0 Å². The number of rotatable bonds is 4. The molecular weight excluding hydrogens is 146 g/mol. The van der Waals surface area contributed by atoms with E-state index in [9.17, 15) is 0 Å². The van der Waals surface area contributed by atoms with E-state index in [0.717, 1.165) is 19.0 Å². The van der Waals surface area contributed by atoms with Crippen molar-refractivity contribution in [3.63, 3.8) is 0 Å². The lowest BCUT2D eigenvalue weighted by Gasteiger charge is -2.04. The van der Waals surface area contributed by atoms with Gasteiger partial charge < -0.3 is 5.32 Å². The molecule has 1 aliphatic rings. The first-order valence-electron chi connectivity index (χ1n) is 4.76. The summed E-state index contributed by atoms with van der Waals surface area (Å²) in [7, 11) is 0. The SMILES string of the molecule is C=CCNCC1C(C)(C)C1(C)C. The largest absolute Gasteiger partial charge is 0.313 e. The monoisotopic (exact) mass is 167 g/mol. The molecule has 12 heavy (non-hydrogen) atoms. The van der Waals surface area contributed by atoms with Crippen LogP contribution in [0.3, 0.4) is 0 Å². The average molecular weight is 167 g/mol. The lowest BCUT2D eigenvalue weighted by molar-refractivity contribution is 0.457. The van der Waals surface area contributed by atoms with Gasteiger partial charge in [-0.15, -0.1) is 6.58 Å². The molecule has 1 nitrogen and oxygen atoms in total. The van der Waals surface area contributed by atoms with E-state index in [4.69, 9.17) is 0 Å². The summed E-state index contributed by atoms with van der Waals surface area (Å²) in [5.74, 6) is 0.824. The fraction of sp³-hybridized carbons (Fsp3) is 0.818. The van der Waals surface area contributed by atoms with Crippen molar-refractivity contribution in [2.45, 2.75) is 27.7 Å². The number of nitrogens with one attached hydrogen (secondary N) is 1. The Hall–Kier alpha value is -0.300. The van der Waals surface area contributed by atoms with Crippen molar-refractivity contribution in [2.24, 2.45) is 16.7 Å². The minimum absolute atomic E-state index is 0.515. The van der Waals surface area contributed by atoms with Crippen LogP contribution >= 0.6 is 0 Å². The van der Waals surface area contributed by atoms with E-state index in [2.05, 4.69) is 39.6 Å². The Labute approximate surface area is 76.2 Å². The second kappa shape index (κ2) is 2.88. The first kappa shape index (κ1) is 9.79. The summed E-state index contributed by atoms with van der Waals surface area (Å²) in [4.78, 5) is 0. The van der Waals surface area contributed by atoms with Crippen molar-refractivity contribution >= 4 is 0 Å². The molecule has 1 heteroatoms. The predicted molar refractivity (Wildman–Crippen MR) is 54.1 cm³/mol. The van der Waals surface area contributed by atoms with Crippen LogP contribution in [-0.4, -0.2) is 13.1 Å².